The standard InChI is InChI=1S/C12H20N4O/c1-3-16-9-11(7-14-16)8-15-6-4-5-13-10(2)12(15)17/h7,9-10,13H,3-6,8H2,1-2H3. The number of carbonyl (C=O) groups is 1. The molecule has 1 saturated heterocycles. The molecular formula is C12H20N4O. The van der Waals surface area contributed by atoms with Gasteiger partial charge in [-0.25, -0.2) is 0 Å². The Bertz CT molecular complexity index is 388. The van der Waals surface area contributed by atoms with Crippen LogP contribution in [0.1, 0.15) is 25.8 Å². The average molecular weight is 236 g/mol. The second-order valence-electron chi connectivity index (χ2n) is 4.49. The van der Waals surface area contributed by atoms with Crippen molar-refractivity contribution in [1.29, 1.82) is 0 Å². The van der Waals surface area contributed by atoms with Crippen molar-refractivity contribution in [2.45, 2.75) is 39.4 Å². The predicted octanol–water partition coefficient (Wildman–Crippen LogP) is 0.613. The molecule has 1 aromatic rings. The lowest BCUT2D eigenvalue weighted by molar-refractivity contribution is -0.132. The maximum Gasteiger partial charge on any atom is 0.239 e. The lowest BCUT2D eigenvalue weighted by Gasteiger charge is -2.21. The highest BCUT2D eigenvalue weighted by Gasteiger charge is 2.23. The molecule has 0 saturated carbocycles. The van der Waals surface area contributed by atoms with Gasteiger partial charge in [0.25, 0.3) is 0 Å². The molecule has 5 heteroatoms. The molecule has 1 unspecified atom stereocenters. The molecule has 1 amide bonds. The number of aromatic nitrogens is 2. The van der Waals surface area contributed by atoms with E-state index in [0.717, 1.165) is 31.6 Å². The van der Waals surface area contributed by atoms with Crippen LogP contribution in [0, 0.1) is 0 Å². The Morgan fingerprint density at radius 3 is 3.12 bits per heavy atom. The van der Waals surface area contributed by atoms with Gasteiger partial charge in [0.05, 0.1) is 12.2 Å². The number of nitrogens with zero attached hydrogens (tertiary/aromatic N) is 3. The number of hydrogen-bond donors (Lipinski definition) is 1. The number of nitrogens with one attached hydrogen (secondary N) is 1. The summed E-state index contributed by atoms with van der Waals surface area (Å²) in [6, 6.07) is -0.0706. The zero-order valence-electron chi connectivity index (χ0n) is 10.5. The maximum absolute atomic E-state index is 12.1. The Labute approximate surface area is 102 Å². The Morgan fingerprint density at radius 1 is 1.59 bits per heavy atom. The van der Waals surface area contributed by atoms with Crippen LogP contribution in [0.4, 0.5) is 0 Å². The van der Waals surface area contributed by atoms with Gasteiger partial charge in [-0.15, -0.1) is 0 Å². The van der Waals surface area contributed by atoms with Crippen molar-refractivity contribution >= 4 is 5.91 Å². The van der Waals surface area contributed by atoms with Gasteiger partial charge < -0.3 is 10.2 Å². The fourth-order valence-electron chi connectivity index (χ4n) is 2.10. The van der Waals surface area contributed by atoms with Crippen LogP contribution in [0.5, 0.6) is 0 Å². The van der Waals surface area contributed by atoms with Crippen molar-refractivity contribution < 1.29 is 4.79 Å². The third kappa shape index (κ3) is 2.85. The minimum atomic E-state index is -0.0706. The molecular weight excluding hydrogens is 216 g/mol. The topological polar surface area (TPSA) is 50.2 Å². The van der Waals surface area contributed by atoms with Crippen LogP contribution < -0.4 is 5.32 Å². The molecule has 1 aromatic heterocycles. The molecule has 17 heavy (non-hydrogen) atoms. The van der Waals surface area contributed by atoms with Crippen LogP contribution in [-0.4, -0.2) is 39.7 Å². The summed E-state index contributed by atoms with van der Waals surface area (Å²) in [5, 5.41) is 7.45. The first-order valence-corrected chi connectivity index (χ1v) is 6.24. The average Bonchev–Trinajstić information content (AvgIpc) is 2.73. The molecule has 0 bridgehead atoms. The van der Waals surface area contributed by atoms with E-state index in [9.17, 15) is 4.79 Å². The van der Waals surface area contributed by atoms with E-state index < -0.39 is 0 Å². The summed E-state index contributed by atoms with van der Waals surface area (Å²) in [4.78, 5) is 14.0. The van der Waals surface area contributed by atoms with Gasteiger partial charge in [0.1, 0.15) is 0 Å². The van der Waals surface area contributed by atoms with Gasteiger partial charge in [-0.05, 0) is 26.8 Å². The van der Waals surface area contributed by atoms with Crippen molar-refractivity contribution in [3.63, 3.8) is 0 Å². The fraction of sp³-hybridized carbons (Fsp3) is 0.667. The third-order valence-corrected chi connectivity index (χ3v) is 3.12. The highest BCUT2D eigenvalue weighted by Crippen LogP contribution is 2.09. The van der Waals surface area contributed by atoms with Crippen LogP contribution in [0.15, 0.2) is 12.4 Å². The first-order valence-electron chi connectivity index (χ1n) is 6.24. The number of hydrogen-bond acceptors (Lipinski definition) is 3. The summed E-state index contributed by atoms with van der Waals surface area (Å²) in [6.07, 6.45) is 4.87. The molecule has 1 aliphatic heterocycles. The van der Waals surface area contributed by atoms with Crippen molar-refractivity contribution in [3.8, 4) is 0 Å². The number of rotatable bonds is 3. The summed E-state index contributed by atoms with van der Waals surface area (Å²) in [7, 11) is 0. The largest absolute Gasteiger partial charge is 0.337 e. The second kappa shape index (κ2) is 5.31. The molecule has 0 aliphatic carbocycles. The molecule has 1 N–H and O–H groups in total. The molecule has 1 atom stereocenters. The van der Waals surface area contributed by atoms with E-state index in [2.05, 4.69) is 17.3 Å². The Morgan fingerprint density at radius 2 is 2.41 bits per heavy atom. The van der Waals surface area contributed by atoms with Crippen LogP contribution in [0.25, 0.3) is 0 Å². The molecule has 0 aromatic carbocycles. The number of carbonyl (C=O) groups excluding carboxylic acids is 1. The fourth-order valence-corrected chi connectivity index (χ4v) is 2.10. The highest BCUT2D eigenvalue weighted by molar-refractivity contribution is 5.81. The summed E-state index contributed by atoms with van der Waals surface area (Å²) >= 11 is 0. The number of aryl methyl sites for hydroxylation is 1. The van der Waals surface area contributed by atoms with Crippen molar-refractivity contribution in [3.05, 3.63) is 18.0 Å². The van der Waals surface area contributed by atoms with Crippen LogP contribution in [0.2, 0.25) is 0 Å². The molecule has 94 valence electrons. The smallest absolute Gasteiger partial charge is 0.239 e. The Hall–Kier alpha value is -1.36. The van der Waals surface area contributed by atoms with Crippen molar-refractivity contribution in [1.82, 2.24) is 20.0 Å². The van der Waals surface area contributed by atoms with Crippen LogP contribution in [0.3, 0.4) is 0 Å². The lowest BCUT2D eigenvalue weighted by Crippen LogP contribution is -2.41. The summed E-state index contributed by atoms with van der Waals surface area (Å²) < 4.78 is 1.89. The minimum Gasteiger partial charge on any atom is -0.337 e. The zero-order chi connectivity index (χ0) is 12.3. The van der Waals surface area contributed by atoms with Crippen molar-refractivity contribution in [2.24, 2.45) is 0 Å². The van der Waals surface area contributed by atoms with Crippen LogP contribution >= 0.6 is 0 Å². The number of amides is 1. The van der Waals surface area contributed by atoms with Gasteiger partial charge in [-0.3, -0.25) is 9.48 Å². The van der Waals surface area contributed by atoms with Gasteiger partial charge in [0.2, 0.25) is 5.91 Å². The summed E-state index contributed by atoms with van der Waals surface area (Å²) in [6.45, 7) is 7.26. The van der Waals surface area contributed by atoms with E-state index in [1.54, 1.807) is 0 Å². The van der Waals surface area contributed by atoms with E-state index in [1.807, 2.05) is 28.9 Å². The monoisotopic (exact) mass is 236 g/mol. The van der Waals surface area contributed by atoms with Gasteiger partial charge in [-0.1, -0.05) is 0 Å². The zero-order valence-corrected chi connectivity index (χ0v) is 10.5. The van der Waals surface area contributed by atoms with Gasteiger partial charge in [0, 0.05) is 31.4 Å². The molecule has 2 heterocycles. The SMILES string of the molecule is CCn1cc(CN2CCCNC(C)C2=O)cn1. The minimum absolute atomic E-state index is 0.0706. The van der Waals surface area contributed by atoms with E-state index in [0.29, 0.717) is 6.54 Å². The van der Waals surface area contributed by atoms with E-state index in [1.165, 1.54) is 0 Å². The van der Waals surface area contributed by atoms with E-state index >= 15 is 0 Å². The highest BCUT2D eigenvalue weighted by atomic mass is 16.2. The van der Waals surface area contributed by atoms with Gasteiger partial charge in [0.15, 0.2) is 0 Å². The lowest BCUT2D eigenvalue weighted by atomic mass is 10.2. The summed E-state index contributed by atoms with van der Waals surface area (Å²) in [5.74, 6) is 0.187. The first kappa shape index (κ1) is 12.1. The van der Waals surface area contributed by atoms with Crippen LogP contribution in [-0.2, 0) is 17.9 Å². The second-order valence-corrected chi connectivity index (χ2v) is 4.49. The normalized spacial score (nSPS) is 21.6. The first-order chi connectivity index (χ1) is 8.20. The molecule has 0 spiro atoms. The Kier molecular flexibility index (Phi) is 3.78. The molecule has 0 radical (unpaired) electrons. The van der Waals surface area contributed by atoms with E-state index in [-0.39, 0.29) is 11.9 Å². The quantitative estimate of drug-likeness (QED) is 0.836. The van der Waals surface area contributed by atoms with E-state index in [4.69, 9.17) is 0 Å². The van der Waals surface area contributed by atoms with Gasteiger partial charge >= 0.3 is 0 Å². The van der Waals surface area contributed by atoms with Gasteiger partial charge in [-0.2, -0.15) is 5.10 Å². The molecule has 5 nitrogen and oxygen atoms in total. The molecule has 1 aliphatic rings. The third-order valence-electron chi connectivity index (χ3n) is 3.12. The maximum atomic E-state index is 12.1. The molecule has 1 fully saturated rings. The predicted molar refractivity (Wildman–Crippen MR) is 65.4 cm³/mol. The Balaban J connectivity index is 2.03. The molecule has 2 rings (SSSR count). The van der Waals surface area contributed by atoms with Crippen molar-refractivity contribution in [2.75, 3.05) is 13.1 Å². The summed E-state index contributed by atoms with van der Waals surface area (Å²) in [5.41, 5.74) is 1.11.